The first-order valence-electron chi connectivity index (χ1n) is 6.48. The zero-order valence-corrected chi connectivity index (χ0v) is 13.5. The van der Waals surface area contributed by atoms with Crippen molar-refractivity contribution >= 4 is 33.4 Å². The van der Waals surface area contributed by atoms with Gasteiger partial charge in [0, 0.05) is 30.1 Å². The van der Waals surface area contributed by atoms with Gasteiger partial charge in [-0.3, -0.25) is 9.69 Å². The molecule has 2 rings (SSSR count). The smallest absolute Gasteiger partial charge is 0.255 e. The molecule has 1 aliphatic heterocycles. The van der Waals surface area contributed by atoms with Gasteiger partial charge in [-0.15, -0.1) is 0 Å². The molecule has 5 heteroatoms. The number of likely N-dealkylation sites (N-methyl/N-ethyl adjacent to an activating group) is 1. The normalized spacial score (nSPS) is 20.6. The number of carbonyl (C=O) groups is 1. The number of hydrogen-bond acceptors (Lipinski definition) is 2. The summed E-state index contributed by atoms with van der Waals surface area (Å²) >= 11 is 9.56. The van der Waals surface area contributed by atoms with Crippen molar-refractivity contribution in [2.24, 2.45) is 0 Å². The molecule has 19 heavy (non-hydrogen) atoms. The van der Waals surface area contributed by atoms with Gasteiger partial charge in [-0.2, -0.15) is 0 Å². The van der Waals surface area contributed by atoms with Gasteiger partial charge in [-0.1, -0.05) is 24.6 Å². The number of amides is 1. The Morgan fingerprint density at radius 1 is 1.47 bits per heavy atom. The van der Waals surface area contributed by atoms with Crippen molar-refractivity contribution < 1.29 is 4.79 Å². The van der Waals surface area contributed by atoms with Crippen LogP contribution in [0.3, 0.4) is 0 Å². The molecule has 0 aromatic heterocycles. The molecule has 0 radical (unpaired) electrons. The van der Waals surface area contributed by atoms with Gasteiger partial charge in [0.1, 0.15) is 0 Å². The Morgan fingerprint density at radius 3 is 2.89 bits per heavy atom. The molecule has 1 saturated heterocycles. The molecule has 0 N–H and O–H groups in total. The van der Waals surface area contributed by atoms with Crippen LogP contribution in [0.1, 0.15) is 23.7 Å². The lowest BCUT2D eigenvalue weighted by atomic mass is 10.1. The van der Waals surface area contributed by atoms with Gasteiger partial charge < -0.3 is 4.90 Å². The maximum atomic E-state index is 12.5. The average molecular weight is 346 g/mol. The van der Waals surface area contributed by atoms with E-state index in [4.69, 9.17) is 11.6 Å². The largest absolute Gasteiger partial charge is 0.336 e. The predicted octanol–water partition coefficient (Wildman–Crippen LogP) is 3.27. The lowest BCUT2D eigenvalue weighted by Gasteiger charge is -2.39. The molecule has 1 aromatic rings. The second-order valence-electron chi connectivity index (χ2n) is 4.90. The summed E-state index contributed by atoms with van der Waals surface area (Å²) in [5.41, 5.74) is 0.579. The monoisotopic (exact) mass is 344 g/mol. The first-order valence-corrected chi connectivity index (χ1v) is 7.65. The minimum atomic E-state index is 0.0258. The van der Waals surface area contributed by atoms with Crippen molar-refractivity contribution in [2.45, 2.75) is 19.4 Å². The summed E-state index contributed by atoms with van der Waals surface area (Å²) in [5, 5.41) is 0.500. The molecule has 1 heterocycles. The van der Waals surface area contributed by atoms with E-state index in [9.17, 15) is 4.79 Å². The second-order valence-corrected chi connectivity index (χ2v) is 6.13. The fourth-order valence-electron chi connectivity index (χ4n) is 2.41. The van der Waals surface area contributed by atoms with Crippen molar-refractivity contribution in [3.8, 4) is 0 Å². The maximum Gasteiger partial charge on any atom is 0.255 e. The van der Waals surface area contributed by atoms with E-state index in [1.807, 2.05) is 17.0 Å². The summed E-state index contributed by atoms with van der Waals surface area (Å²) in [7, 11) is 2.11. The predicted molar refractivity (Wildman–Crippen MR) is 81.8 cm³/mol. The molecule has 1 atom stereocenters. The van der Waals surface area contributed by atoms with E-state index >= 15 is 0 Å². The van der Waals surface area contributed by atoms with Crippen LogP contribution in [0, 0.1) is 0 Å². The summed E-state index contributed by atoms with van der Waals surface area (Å²) < 4.78 is 0.765. The van der Waals surface area contributed by atoms with Crippen molar-refractivity contribution in [3.05, 3.63) is 33.3 Å². The second kappa shape index (κ2) is 6.25. The third-order valence-electron chi connectivity index (χ3n) is 3.72. The summed E-state index contributed by atoms with van der Waals surface area (Å²) in [4.78, 5) is 16.8. The SMILES string of the molecule is CCC1CN(C(=O)c2cccc(Br)c2Cl)CCN1C. The lowest BCUT2D eigenvalue weighted by Crippen LogP contribution is -2.53. The van der Waals surface area contributed by atoms with Gasteiger partial charge in [0.15, 0.2) is 0 Å². The van der Waals surface area contributed by atoms with Crippen LogP contribution >= 0.6 is 27.5 Å². The van der Waals surface area contributed by atoms with Gasteiger partial charge in [-0.05, 0) is 41.5 Å². The molecular formula is C14H18BrClN2O. The van der Waals surface area contributed by atoms with Crippen LogP contribution in [0.25, 0.3) is 0 Å². The molecule has 0 aliphatic carbocycles. The zero-order chi connectivity index (χ0) is 14.0. The Morgan fingerprint density at radius 2 is 2.21 bits per heavy atom. The standard InChI is InChI=1S/C14H18BrClN2O/c1-3-10-9-18(8-7-17(10)2)14(19)11-5-4-6-12(15)13(11)16/h4-6,10H,3,7-9H2,1-2H3. The van der Waals surface area contributed by atoms with E-state index in [1.54, 1.807) is 6.07 Å². The third kappa shape index (κ3) is 3.12. The Hall–Kier alpha value is -0.580. The van der Waals surface area contributed by atoms with Crippen molar-refractivity contribution in [1.82, 2.24) is 9.80 Å². The summed E-state index contributed by atoms with van der Waals surface area (Å²) in [5.74, 6) is 0.0258. The average Bonchev–Trinajstić information content (AvgIpc) is 2.41. The molecule has 1 aliphatic rings. The molecule has 0 spiro atoms. The van der Waals surface area contributed by atoms with Crippen molar-refractivity contribution in [3.63, 3.8) is 0 Å². The molecule has 3 nitrogen and oxygen atoms in total. The molecule has 104 valence electrons. The fourth-order valence-corrected chi connectivity index (χ4v) is 2.98. The summed E-state index contributed by atoms with van der Waals surface area (Å²) in [6.07, 6.45) is 1.05. The van der Waals surface area contributed by atoms with Crippen LogP contribution in [-0.4, -0.2) is 48.4 Å². The fraction of sp³-hybridized carbons (Fsp3) is 0.500. The number of rotatable bonds is 2. The van der Waals surface area contributed by atoms with Gasteiger partial charge in [0.05, 0.1) is 10.6 Å². The number of hydrogen-bond donors (Lipinski definition) is 0. The lowest BCUT2D eigenvalue weighted by molar-refractivity contribution is 0.0542. The van der Waals surface area contributed by atoms with Gasteiger partial charge in [0.25, 0.3) is 5.91 Å². The van der Waals surface area contributed by atoms with Crippen LogP contribution in [-0.2, 0) is 0 Å². The maximum absolute atomic E-state index is 12.5. The first-order chi connectivity index (χ1) is 9.04. The molecule has 1 aromatic carbocycles. The van der Waals surface area contributed by atoms with Gasteiger partial charge in [0.2, 0.25) is 0 Å². The number of nitrogens with zero attached hydrogens (tertiary/aromatic N) is 2. The van der Waals surface area contributed by atoms with Crippen LogP contribution < -0.4 is 0 Å². The number of halogens is 2. The molecule has 1 fully saturated rings. The highest BCUT2D eigenvalue weighted by atomic mass is 79.9. The third-order valence-corrected chi connectivity index (χ3v) is 5.01. The summed E-state index contributed by atoms with van der Waals surface area (Å²) in [6.45, 7) is 4.60. The Balaban J connectivity index is 2.18. The zero-order valence-electron chi connectivity index (χ0n) is 11.2. The highest BCUT2D eigenvalue weighted by Crippen LogP contribution is 2.27. The minimum Gasteiger partial charge on any atom is -0.336 e. The minimum absolute atomic E-state index is 0.0258. The number of carbonyl (C=O) groups excluding carboxylic acids is 1. The molecular weight excluding hydrogens is 328 g/mol. The van der Waals surface area contributed by atoms with E-state index in [2.05, 4.69) is 34.8 Å². The first kappa shape index (κ1) is 14.8. The van der Waals surface area contributed by atoms with E-state index in [1.165, 1.54) is 0 Å². The molecule has 1 unspecified atom stereocenters. The van der Waals surface area contributed by atoms with E-state index in [0.717, 1.165) is 30.5 Å². The van der Waals surface area contributed by atoms with Crippen LogP contribution in [0.4, 0.5) is 0 Å². The van der Waals surface area contributed by atoms with Crippen molar-refractivity contribution in [2.75, 3.05) is 26.7 Å². The quantitative estimate of drug-likeness (QED) is 0.821. The Kier molecular flexibility index (Phi) is 4.87. The van der Waals surface area contributed by atoms with Gasteiger partial charge >= 0.3 is 0 Å². The molecule has 0 saturated carbocycles. The topological polar surface area (TPSA) is 23.6 Å². The van der Waals surface area contributed by atoms with Crippen LogP contribution in [0.2, 0.25) is 5.02 Å². The van der Waals surface area contributed by atoms with Crippen LogP contribution in [0.15, 0.2) is 22.7 Å². The Labute approximate surface area is 127 Å². The highest BCUT2D eigenvalue weighted by Gasteiger charge is 2.27. The van der Waals surface area contributed by atoms with E-state index < -0.39 is 0 Å². The van der Waals surface area contributed by atoms with Gasteiger partial charge in [-0.25, -0.2) is 0 Å². The molecule has 0 bridgehead atoms. The summed E-state index contributed by atoms with van der Waals surface area (Å²) in [6, 6.07) is 5.91. The number of piperazine rings is 1. The number of benzene rings is 1. The Bertz CT molecular complexity index is 481. The highest BCUT2D eigenvalue weighted by molar-refractivity contribution is 9.10. The van der Waals surface area contributed by atoms with E-state index in [0.29, 0.717) is 16.6 Å². The van der Waals surface area contributed by atoms with Crippen LogP contribution in [0.5, 0.6) is 0 Å². The van der Waals surface area contributed by atoms with E-state index in [-0.39, 0.29) is 5.91 Å². The molecule has 1 amide bonds. The van der Waals surface area contributed by atoms with Crippen molar-refractivity contribution in [1.29, 1.82) is 0 Å².